The second kappa shape index (κ2) is 4.84. The van der Waals surface area contributed by atoms with Crippen LogP contribution in [0.25, 0.3) is 0 Å². The fraction of sp³-hybridized carbons (Fsp3) is 0.200. The molecule has 3 heteroatoms. The lowest BCUT2D eigenvalue weighted by Crippen LogP contribution is -2.20. The van der Waals surface area contributed by atoms with Crippen molar-refractivity contribution in [3.8, 4) is 0 Å². The molecule has 0 aliphatic carbocycles. The van der Waals surface area contributed by atoms with Gasteiger partial charge in [-0.3, -0.25) is 0 Å². The zero-order valence-electron chi connectivity index (χ0n) is 9.81. The number of aliphatic hydroxyl groups excluding tert-OH is 1. The first kappa shape index (κ1) is 11.9. The molecular weight excluding hydrogens is 290 g/mol. The van der Waals surface area contributed by atoms with Crippen LogP contribution in [0.2, 0.25) is 0 Å². The average molecular weight is 304 g/mol. The van der Waals surface area contributed by atoms with Crippen molar-refractivity contribution in [3.63, 3.8) is 0 Å². The molecule has 2 aromatic carbocycles. The Morgan fingerprint density at radius 3 is 2.61 bits per heavy atom. The van der Waals surface area contributed by atoms with Crippen LogP contribution in [0, 0.1) is 0 Å². The van der Waals surface area contributed by atoms with E-state index < -0.39 is 6.10 Å². The van der Waals surface area contributed by atoms with Crippen LogP contribution in [0.15, 0.2) is 53.0 Å². The number of halogens is 1. The van der Waals surface area contributed by atoms with E-state index in [1.165, 1.54) is 11.1 Å². The van der Waals surface area contributed by atoms with Gasteiger partial charge in [0.25, 0.3) is 0 Å². The summed E-state index contributed by atoms with van der Waals surface area (Å²) in [5, 5.41) is 13.9. The van der Waals surface area contributed by atoms with Crippen LogP contribution in [-0.2, 0) is 6.54 Å². The summed E-state index contributed by atoms with van der Waals surface area (Å²) >= 11 is 3.41. The summed E-state index contributed by atoms with van der Waals surface area (Å²) in [6.45, 7) is 0.828. The Hall–Kier alpha value is -1.16. The highest BCUT2D eigenvalue weighted by Gasteiger charge is 2.28. The molecular formula is C15H14BrNO. The first-order valence-corrected chi connectivity index (χ1v) is 6.80. The van der Waals surface area contributed by atoms with E-state index in [1.54, 1.807) is 0 Å². The lowest BCUT2D eigenvalue weighted by molar-refractivity contribution is 0.133. The molecule has 0 amide bonds. The summed E-state index contributed by atoms with van der Waals surface area (Å²) in [5.41, 5.74) is 3.42. The normalized spacial score (nSPS) is 19.6. The van der Waals surface area contributed by atoms with Gasteiger partial charge in [0.1, 0.15) is 0 Å². The van der Waals surface area contributed by atoms with Gasteiger partial charge in [0.05, 0.1) is 12.1 Å². The smallest absolute Gasteiger partial charge is 0.0984 e. The third kappa shape index (κ3) is 2.09. The Balaban J connectivity index is 1.90. The third-order valence-electron chi connectivity index (χ3n) is 3.43. The van der Waals surface area contributed by atoms with Crippen molar-refractivity contribution in [2.45, 2.75) is 18.7 Å². The third-order valence-corrected chi connectivity index (χ3v) is 3.96. The van der Waals surface area contributed by atoms with Gasteiger partial charge in [0, 0.05) is 11.0 Å². The molecule has 92 valence electrons. The predicted octanol–water partition coefficient (Wildman–Crippen LogP) is 3.33. The minimum atomic E-state index is -0.512. The largest absolute Gasteiger partial charge is 0.386 e. The topological polar surface area (TPSA) is 32.3 Å². The number of fused-ring (bicyclic) bond motifs is 1. The van der Waals surface area contributed by atoms with Crippen molar-refractivity contribution < 1.29 is 5.11 Å². The molecule has 2 unspecified atom stereocenters. The maximum absolute atomic E-state index is 10.5. The van der Waals surface area contributed by atoms with Gasteiger partial charge in [-0.2, -0.15) is 0 Å². The van der Waals surface area contributed by atoms with Crippen molar-refractivity contribution >= 4 is 15.9 Å². The maximum atomic E-state index is 10.5. The summed E-state index contributed by atoms with van der Waals surface area (Å²) in [7, 11) is 0. The van der Waals surface area contributed by atoms with Gasteiger partial charge in [-0.25, -0.2) is 0 Å². The molecule has 1 aliphatic heterocycles. The van der Waals surface area contributed by atoms with Crippen molar-refractivity contribution in [1.82, 2.24) is 5.32 Å². The molecule has 0 bridgehead atoms. The highest BCUT2D eigenvalue weighted by Crippen LogP contribution is 2.35. The van der Waals surface area contributed by atoms with Crippen LogP contribution in [0.3, 0.4) is 0 Å². The standard InChI is InChI=1S/C15H14BrNO/c16-12-7-5-10(6-8-12)15(18)14-13-4-2-1-3-11(13)9-17-14/h1-8,14-15,17-18H,9H2. The molecule has 0 fully saturated rings. The Morgan fingerprint density at radius 1 is 1.11 bits per heavy atom. The van der Waals surface area contributed by atoms with E-state index in [9.17, 15) is 5.11 Å². The van der Waals surface area contributed by atoms with Crippen LogP contribution >= 0.6 is 15.9 Å². The molecule has 1 heterocycles. The van der Waals surface area contributed by atoms with Crippen molar-refractivity contribution in [2.24, 2.45) is 0 Å². The zero-order chi connectivity index (χ0) is 12.5. The molecule has 18 heavy (non-hydrogen) atoms. The maximum Gasteiger partial charge on any atom is 0.0984 e. The highest BCUT2D eigenvalue weighted by atomic mass is 79.9. The van der Waals surface area contributed by atoms with E-state index in [4.69, 9.17) is 0 Å². The fourth-order valence-electron chi connectivity index (χ4n) is 2.46. The van der Waals surface area contributed by atoms with Crippen molar-refractivity contribution in [2.75, 3.05) is 0 Å². The summed E-state index contributed by atoms with van der Waals surface area (Å²) in [5.74, 6) is 0. The van der Waals surface area contributed by atoms with Crippen LogP contribution in [-0.4, -0.2) is 5.11 Å². The van der Waals surface area contributed by atoms with Crippen molar-refractivity contribution in [1.29, 1.82) is 0 Å². The molecule has 2 aromatic rings. The van der Waals surface area contributed by atoms with Gasteiger partial charge in [-0.15, -0.1) is 0 Å². The molecule has 0 aromatic heterocycles. The first-order valence-electron chi connectivity index (χ1n) is 6.00. The minimum Gasteiger partial charge on any atom is -0.386 e. The molecule has 0 spiro atoms. The number of rotatable bonds is 2. The summed E-state index contributed by atoms with van der Waals surface area (Å²) < 4.78 is 1.03. The quantitative estimate of drug-likeness (QED) is 0.892. The molecule has 2 N–H and O–H groups in total. The molecule has 3 rings (SSSR count). The molecule has 0 saturated heterocycles. The Kier molecular flexibility index (Phi) is 3.20. The minimum absolute atomic E-state index is 0.0117. The number of aliphatic hydroxyl groups is 1. The second-order valence-electron chi connectivity index (χ2n) is 4.55. The zero-order valence-corrected chi connectivity index (χ0v) is 11.4. The molecule has 0 saturated carbocycles. The summed E-state index contributed by atoms with van der Waals surface area (Å²) in [6.07, 6.45) is -0.512. The van der Waals surface area contributed by atoms with Gasteiger partial charge in [0.2, 0.25) is 0 Å². The highest BCUT2D eigenvalue weighted by molar-refractivity contribution is 9.10. The second-order valence-corrected chi connectivity index (χ2v) is 5.47. The Morgan fingerprint density at radius 2 is 1.83 bits per heavy atom. The van der Waals surface area contributed by atoms with E-state index in [2.05, 4.69) is 33.4 Å². The van der Waals surface area contributed by atoms with E-state index in [-0.39, 0.29) is 6.04 Å². The fourth-order valence-corrected chi connectivity index (χ4v) is 2.73. The number of nitrogens with one attached hydrogen (secondary N) is 1. The van der Waals surface area contributed by atoms with Gasteiger partial charge >= 0.3 is 0 Å². The van der Waals surface area contributed by atoms with E-state index in [0.717, 1.165) is 16.6 Å². The van der Waals surface area contributed by atoms with Gasteiger partial charge in [-0.05, 0) is 28.8 Å². The summed E-state index contributed by atoms with van der Waals surface area (Å²) in [6, 6.07) is 16.1. The van der Waals surface area contributed by atoms with Crippen molar-refractivity contribution in [3.05, 3.63) is 69.7 Å². The number of hydrogen-bond donors (Lipinski definition) is 2. The van der Waals surface area contributed by atoms with E-state index >= 15 is 0 Å². The average Bonchev–Trinajstić information content (AvgIpc) is 2.82. The summed E-state index contributed by atoms with van der Waals surface area (Å²) in [4.78, 5) is 0. The van der Waals surface area contributed by atoms with Gasteiger partial charge in [0.15, 0.2) is 0 Å². The van der Waals surface area contributed by atoms with E-state index in [1.807, 2.05) is 36.4 Å². The van der Waals surface area contributed by atoms with E-state index in [0.29, 0.717) is 0 Å². The van der Waals surface area contributed by atoms with Gasteiger partial charge in [-0.1, -0.05) is 52.3 Å². The predicted molar refractivity (Wildman–Crippen MR) is 75.1 cm³/mol. The van der Waals surface area contributed by atoms with Gasteiger partial charge < -0.3 is 10.4 Å². The lowest BCUT2D eigenvalue weighted by Gasteiger charge is -2.20. The molecule has 2 atom stereocenters. The lowest BCUT2D eigenvalue weighted by atomic mass is 9.96. The molecule has 0 radical (unpaired) electrons. The van der Waals surface area contributed by atoms with Crippen LogP contribution < -0.4 is 5.32 Å². The monoisotopic (exact) mass is 303 g/mol. The Labute approximate surface area is 115 Å². The first-order chi connectivity index (χ1) is 8.75. The van der Waals surface area contributed by atoms with Crippen LogP contribution in [0.4, 0.5) is 0 Å². The SMILES string of the molecule is OC(c1ccc(Br)cc1)C1NCc2ccccc21. The van der Waals surface area contributed by atoms with Crippen LogP contribution in [0.5, 0.6) is 0 Å². The molecule has 2 nitrogen and oxygen atoms in total. The number of hydrogen-bond acceptors (Lipinski definition) is 2. The Bertz CT molecular complexity index is 553. The number of benzene rings is 2. The molecule has 1 aliphatic rings. The van der Waals surface area contributed by atoms with Crippen LogP contribution in [0.1, 0.15) is 28.8 Å².